The highest BCUT2D eigenvalue weighted by molar-refractivity contribution is 7.23. The van der Waals surface area contributed by atoms with Crippen LogP contribution >= 0.6 is 11.3 Å². The minimum Gasteiger partial charge on any atom is -0.461 e. The van der Waals surface area contributed by atoms with Gasteiger partial charge < -0.3 is 20.3 Å². The summed E-state index contributed by atoms with van der Waals surface area (Å²) in [5.74, 6) is -2.17. The maximum absolute atomic E-state index is 17.3. The van der Waals surface area contributed by atoms with Crippen LogP contribution in [0.3, 0.4) is 0 Å². The maximum Gasteiger partial charge on any atom is 0.417 e. The van der Waals surface area contributed by atoms with E-state index in [1.807, 2.05) is 17.9 Å². The predicted molar refractivity (Wildman–Crippen MR) is 188 cm³/mol. The number of nitriles is 1. The summed E-state index contributed by atoms with van der Waals surface area (Å²) in [6.07, 6.45) is -2.29. The van der Waals surface area contributed by atoms with Crippen LogP contribution in [0, 0.1) is 28.9 Å². The van der Waals surface area contributed by atoms with Crippen molar-refractivity contribution in [2.45, 2.75) is 82.3 Å². The van der Waals surface area contributed by atoms with Gasteiger partial charge in [0.2, 0.25) is 5.91 Å². The van der Waals surface area contributed by atoms with Crippen molar-refractivity contribution >= 4 is 49.1 Å². The van der Waals surface area contributed by atoms with E-state index in [0.717, 1.165) is 37.5 Å². The van der Waals surface area contributed by atoms with E-state index in [1.54, 1.807) is 16.7 Å². The predicted octanol–water partition coefficient (Wildman–Crippen LogP) is 7.44. The molecule has 3 saturated heterocycles. The molecule has 280 valence electrons. The molecule has 4 aliphatic rings. The second-order valence-corrected chi connectivity index (χ2v) is 15.8. The molecule has 9 nitrogen and oxygen atoms in total. The third kappa shape index (κ3) is 5.90. The van der Waals surface area contributed by atoms with Crippen molar-refractivity contribution in [2.24, 2.45) is 5.92 Å². The Morgan fingerprint density at radius 3 is 2.70 bits per heavy atom. The van der Waals surface area contributed by atoms with Gasteiger partial charge in [-0.05, 0) is 70.2 Å². The van der Waals surface area contributed by atoms with E-state index in [4.69, 9.17) is 10.5 Å². The monoisotopic (exact) mass is 757 g/mol. The van der Waals surface area contributed by atoms with Crippen LogP contribution in [0.2, 0.25) is 0 Å². The van der Waals surface area contributed by atoms with Crippen molar-refractivity contribution in [1.29, 1.82) is 5.26 Å². The summed E-state index contributed by atoms with van der Waals surface area (Å²) in [6.45, 7) is 5.22. The molecule has 8 rings (SSSR count). The second-order valence-electron chi connectivity index (χ2n) is 14.7. The van der Waals surface area contributed by atoms with Crippen LogP contribution < -0.4 is 15.4 Å². The number of nitrogens with zero attached hydrogens (tertiary/aromatic N) is 6. The molecule has 2 aromatic carbocycles. The molecule has 4 fully saturated rings. The molecule has 0 spiro atoms. The number of rotatable bonds is 8. The number of alkyl halides is 4. The number of likely N-dealkylation sites (N-methyl/N-ethyl adjacent to an activating group) is 1. The maximum atomic E-state index is 17.3. The highest BCUT2D eigenvalue weighted by Crippen LogP contribution is 2.49. The van der Waals surface area contributed by atoms with Gasteiger partial charge in [0.1, 0.15) is 41.0 Å². The van der Waals surface area contributed by atoms with Gasteiger partial charge in [-0.2, -0.15) is 28.4 Å². The van der Waals surface area contributed by atoms with Gasteiger partial charge in [0.25, 0.3) is 0 Å². The summed E-state index contributed by atoms with van der Waals surface area (Å²) < 4.78 is 98.3. The van der Waals surface area contributed by atoms with Gasteiger partial charge in [0.05, 0.1) is 21.4 Å². The number of nitrogen functional groups attached to an aromatic ring is 1. The topological polar surface area (TPSA) is 112 Å². The van der Waals surface area contributed by atoms with E-state index < -0.39 is 46.2 Å². The number of carbonyl (C=O) groups excluding carboxylic acids is 1. The third-order valence-electron chi connectivity index (χ3n) is 11.4. The quantitative estimate of drug-likeness (QED) is 0.185. The molecule has 4 aromatic rings. The molecule has 1 aliphatic carbocycles. The lowest BCUT2D eigenvalue weighted by atomic mass is 9.92. The van der Waals surface area contributed by atoms with E-state index in [2.05, 4.69) is 9.97 Å². The zero-order valence-electron chi connectivity index (χ0n) is 29.1. The first-order valence-corrected chi connectivity index (χ1v) is 18.7. The van der Waals surface area contributed by atoms with E-state index in [-0.39, 0.29) is 93.5 Å². The molecule has 0 radical (unpaired) electrons. The van der Waals surface area contributed by atoms with E-state index in [9.17, 15) is 18.8 Å². The number of fused-ring (bicyclic) bond motifs is 3. The van der Waals surface area contributed by atoms with Crippen molar-refractivity contribution in [3.8, 4) is 23.2 Å². The first kappa shape index (κ1) is 35.7. The molecule has 4 unspecified atom stereocenters. The minimum atomic E-state index is -5.12. The molecule has 4 atom stereocenters. The number of hydrogen-bond donors (Lipinski definition) is 1. The number of thiophene rings is 1. The minimum absolute atomic E-state index is 0.00122. The molecule has 2 aromatic heterocycles. The van der Waals surface area contributed by atoms with Crippen LogP contribution in [0.1, 0.15) is 63.5 Å². The van der Waals surface area contributed by atoms with Crippen molar-refractivity contribution in [2.75, 3.05) is 43.4 Å². The molecule has 3 aliphatic heterocycles. The first-order chi connectivity index (χ1) is 25.2. The Morgan fingerprint density at radius 1 is 1.23 bits per heavy atom. The number of nitrogens with two attached hydrogens (primary N) is 1. The Labute approximate surface area is 305 Å². The van der Waals surface area contributed by atoms with Gasteiger partial charge in [-0.15, -0.1) is 11.3 Å². The van der Waals surface area contributed by atoms with Crippen molar-refractivity contribution in [1.82, 2.24) is 19.8 Å². The van der Waals surface area contributed by atoms with E-state index in [1.165, 1.54) is 0 Å². The number of carbonyl (C=O) groups is 1. The van der Waals surface area contributed by atoms with Gasteiger partial charge in [-0.3, -0.25) is 9.69 Å². The molecular formula is C37H37F6N7O2S. The Bertz CT molecular complexity index is 2190. The van der Waals surface area contributed by atoms with E-state index >= 15 is 17.6 Å². The van der Waals surface area contributed by atoms with Crippen LogP contribution in [0.5, 0.6) is 6.01 Å². The molecular weight excluding hydrogens is 721 g/mol. The lowest BCUT2D eigenvalue weighted by molar-refractivity contribution is -0.137. The standard InChI is InChI=1S/C37H37F6N7O2S/c1-3-49(21-11-18(2)50(16-21)34(51)19-5-6-19)33-23-12-25(37(41,42)43)28(22-7-8-26(39)31-27(22)24(14-44)32(45)53-31)29(40)30(23)46-35(47-33)52-17-36-9-4-10-48(36)15-20(38)13-36/h7-8,12,18-21H,3-6,9-11,13,15-17,45H2,1-2H3. The zero-order valence-corrected chi connectivity index (χ0v) is 29.9. The fraction of sp³-hybridized carbons (Fsp3) is 0.514. The summed E-state index contributed by atoms with van der Waals surface area (Å²) in [5.41, 5.74) is 1.97. The molecule has 2 N–H and O–H groups in total. The number of benzene rings is 2. The second kappa shape index (κ2) is 12.9. The number of likely N-dealkylation sites (tertiary alicyclic amines) is 1. The third-order valence-corrected chi connectivity index (χ3v) is 12.5. The summed E-state index contributed by atoms with van der Waals surface area (Å²) in [5, 5.41) is 9.29. The highest BCUT2D eigenvalue weighted by Gasteiger charge is 2.50. The molecule has 1 saturated carbocycles. The van der Waals surface area contributed by atoms with Gasteiger partial charge in [0, 0.05) is 60.4 Å². The normalized spacial score (nSPS) is 24.7. The van der Waals surface area contributed by atoms with Crippen molar-refractivity contribution in [3.63, 3.8) is 0 Å². The lowest BCUT2D eigenvalue weighted by Gasteiger charge is -2.32. The number of aromatic nitrogens is 2. The van der Waals surface area contributed by atoms with Crippen molar-refractivity contribution in [3.05, 3.63) is 41.0 Å². The number of anilines is 2. The van der Waals surface area contributed by atoms with Crippen LogP contribution in [-0.4, -0.2) is 82.3 Å². The van der Waals surface area contributed by atoms with Gasteiger partial charge in [-0.25, -0.2) is 13.2 Å². The molecule has 5 heterocycles. The summed E-state index contributed by atoms with van der Waals surface area (Å²) in [6, 6.07) is 3.75. The molecule has 1 amide bonds. The SMILES string of the molecule is CCN(c1nc(OCC23CCCN2CC(F)C3)nc2c(F)c(-c3ccc(F)c4sc(N)c(C#N)c34)c(C(F)(F)F)cc12)C1CC(C)N(C(=O)C2CC2)C1. The molecule has 16 heteroatoms. The molecule has 0 bridgehead atoms. The van der Waals surface area contributed by atoms with Crippen LogP contribution in [-0.2, 0) is 11.0 Å². The average Bonchev–Trinajstić information content (AvgIpc) is 3.51. The van der Waals surface area contributed by atoms with Crippen LogP contribution in [0.4, 0.5) is 37.2 Å². The number of hydrogen-bond acceptors (Lipinski definition) is 9. The summed E-state index contributed by atoms with van der Waals surface area (Å²) >= 11 is 0.687. The Balaban J connectivity index is 1.32. The largest absolute Gasteiger partial charge is 0.461 e. The Hall–Kier alpha value is -4.36. The number of amides is 1. The fourth-order valence-electron chi connectivity index (χ4n) is 8.80. The smallest absolute Gasteiger partial charge is 0.417 e. The first-order valence-electron chi connectivity index (χ1n) is 17.9. The van der Waals surface area contributed by atoms with Crippen molar-refractivity contribution < 1.29 is 35.9 Å². The van der Waals surface area contributed by atoms with Crippen LogP contribution in [0.15, 0.2) is 18.2 Å². The summed E-state index contributed by atoms with van der Waals surface area (Å²) in [4.78, 5) is 27.7. The van der Waals surface area contributed by atoms with Gasteiger partial charge in [0.15, 0.2) is 5.82 Å². The Morgan fingerprint density at radius 2 is 2.00 bits per heavy atom. The fourth-order valence-corrected chi connectivity index (χ4v) is 9.75. The zero-order chi connectivity index (χ0) is 37.6. The summed E-state index contributed by atoms with van der Waals surface area (Å²) in [7, 11) is 0. The lowest BCUT2D eigenvalue weighted by Crippen LogP contribution is -2.43. The number of halogens is 6. The average molecular weight is 758 g/mol. The van der Waals surface area contributed by atoms with Gasteiger partial charge >= 0.3 is 12.2 Å². The van der Waals surface area contributed by atoms with E-state index in [0.29, 0.717) is 37.3 Å². The van der Waals surface area contributed by atoms with Gasteiger partial charge in [-0.1, -0.05) is 6.07 Å². The Kier molecular flexibility index (Phi) is 8.68. The highest BCUT2D eigenvalue weighted by atomic mass is 32.1. The molecule has 53 heavy (non-hydrogen) atoms. The van der Waals surface area contributed by atoms with Crippen LogP contribution in [0.25, 0.3) is 32.1 Å². The number of ether oxygens (including phenoxy) is 1.